The quantitative estimate of drug-likeness (QED) is 0.658. The van der Waals surface area contributed by atoms with Gasteiger partial charge in [-0.2, -0.15) is 0 Å². The van der Waals surface area contributed by atoms with Crippen LogP contribution in [0.5, 0.6) is 0 Å². The molecule has 4 nitrogen and oxygen atoms in total. The zero-order valence-corrected chi connectivity index (χ0v) is 6.72. The maximum atomic E-state index is 10.8. The fourth-order valence-corrected chi connectivity index (χ4v) is 1.29. The van der Waals surface area contributed by atoms with E-state index in [-0.39, 0.29) is 11.6 Å². The third-order valence-corrected chi connectivity index (χ3v) is 1.94. The second-order valence-corrected chi connectivity index (χ2v) is 2.65. The molecule has 0 amide bonds. The third kappa shape index (κ3) is 1.75. The molecule has 0 radical (unpaired) electrons. The molecule has 0 fully saturated rings. The molecule has 0 spiro atoms. The van der Waals surface area contributed by atoms with Gasteiger partial charge in [0, 0.05) is 5.38 Å². The number of ether oxygens (including phenoxy) is 1. The van der Waals surface area contributed by atoms with Crippen molar-refractivity contribution in [2.75, 3.05) is 7.11 Å². The zero-order valence-electron chi connectivity index (χ0n) is 5.90. The SMILES string of the molecule is COC(=O)c1nc(CO)cs1. The highest BCUT2D eigenvalue weighted by atomic mass is 32.1. The Morgan fingerprint density at radius 2 is 2.64 bits per heavy atom. The van der Waals surface area contributed by atoms with Gasteiger partial charge in [0.1, 0.15) is 0 Å². The van der Waals surface area contributed by atoms with Crippen molar-refractivity contribution in [1.82, 2.24) is 4.98 Å². The number of hydrogen-bond donors (Lipinski definition) is 1. The van der Waals surface area contributed by atoms with Gasteiger partial charge in [0.05, 0.1) is 19.4 Å². The van der Waals surface area contributed by atoms with Gasteiger partial charge in [-0.3, -0.25) is 0 Å². The standard InChI is InChI=1S/C6H7NO3S/c1-10-6(9)5-7-4(2-8)3-11-5/h3,8H,2H2,1H3. The second kappa shape index (κ2) is 3.45. The highest BCUT2D eigenvalue weighted by Gasteiger charge is 2.09. The first-order valence-corrected chi connectivity index (χ1v) is 3.79. The second-order valence-electron chi connectivity index (χ2n) is 1.79. The van der Waals surface area contributed by atoms with E-state index in [9.17, 15) is 4.79 Å². The van der Waals surface area contributed by atoms with E-state index < -0.39 is 5.97 Å². The van der Waals surface area contributed by atoms with E-state index in [0.717, 1.165) is 11.3 Å². The van der Waals surface area contributed by atoms with Gasteiger partial charge < -0.3 is 9.84 Å². The number of hydrogen-bond acceptors (Lipinski definition) is 5. The number of aromatic nitrogens is 1. The van der Waals surface area contributed by atoms with Crippen LogP contribution < -0.4 is 0 Å². The Morgan fingerprint density at radius 1 is 1.91 bits per heavy atom. The van der Waals surface area contributed by atoms with Crippen LogP contribution in [0.1, 0.15) is 15.5 Å². The van der Waals surface area contributed by atoms with E-state index >= 15 is 0 Å². The number of rotatable bonds is 2. The Morgan fingerprint density at radius 3 is 3.09 bits per heavy atom. The Labute approximate surface area is 67.5 Å². The molecular weight excluding hydrogens is 166 g/mol. The van der Waals surface area contributed by atoms with Gasteiger partial charge >= 0.3 is 5.97 Å². The van der Waals surface area contributed by atoms with Gasteiger partial charge in [0.2, 0.25) is 5.01 Å². The third-order valence-electron chi connectivity index (χ3n) is 1.07. The summed E-state index contributed by atoms with van der Waals surface area (Å²) in [6.07, 6.45) is 0. The van der Waals surface area contributed by atoms with Crippen molar-refractivity contribution in [1.29, 1.82) is 0 Å². The van der Waals surface area contributed by atoms with Gasteiger partial charge in [-0.25, -0.2) is 9.78 Å². The minimum atomic E-state index is -0.463. The van der Waals surface area contributed by atoms with Crippen LogP contribution in [0.3, 0.4) is 0 Å². The van der Waals surface area contributed by atoms with Crippen LogP contribution in [0, 0.1) is 0 Å². The molecule has 60 valence electrons. The van der Waals surface area contributed by atoms with Gasteiger partial charge in [0.25, 0.3) is 0 Å². The summed E-state index contributed by atoms with van der Waals surface area (Å²) >= 11 is 1.16. The lowest BCUT2D eigenvalue weighted by Crippen LogP contribution is -2.00. The molecule has 5 heteroatoms. The lowest BCUT2D eigenvalue weighted by molar-refractivity contribution is 0.0600. The molecular formula is C6H7NO3S. The van der Waals surface area contributed by atoms with Crippen LogP contribution in [0.25, 0.3) is 0 Å². The fourth-order valence-electron chi connectivity index (χ4n) is 0.561. The topological polar surface area (TPSA) is 59.4 Å². The number of thiazole rings is 1. The molecule has 0 aliphatic heterocycles. The first-order valence-electron chi connectivity index (χ1n) is 2.91. The van der Waals surface area contributed by atoms with Gasteiger partial charge in [0.15, 0.2) is 0 Å². The summed E-state index contributed by atoms with van der Waals surface area (Å²) < 4.78 is 4.42. The molecule has 0 saturated heterocycles. The molecule has 1 N–H and O–H groups in total. The minimum absolute atomic E-state index is 0.145. The lowest BCUT2D eigenvalue weighted by atomic mass is 10.5. The van der Waals surface area contributed by atoms with Crippen molar-refractivity contribution < 1.29 is 14.6 Å². The van der Waals surface area contributed by atoms with E-state index in [1.165, 1.54) is 7.11 Å². The van der Waals surface area contributed by atoms with Crippen LogP contribution in [-0.4, -0.2) is 23.2 Å². The van der Waals surface area contributed by atoms with Crippen molar-refractivity contribution in [3.05, 3.63) is 16.1 Å². The molecule has 1 aromatic heterocycles. The molecule has 0 aromatic carbocycles. The molecule has 0 aliphatic carbocycles. The number of methoxy groups -OCH3 is 1. The van der Waals surface area contributed by atoms with E-state index in [2.05, 4.69) is 9.72 Å². The molecule has 0 saturated carbocycles. The van der Waals surface area contributed by atoms with Crippen molar-refractivity contribution in [3.63, 3.8) is 0 Å². The first kappa shape index (κ1) is 8.16. The van der Waals surface area contributed by atoms with E-state index in [0.29, 0.717) is 5.69 Å². The summed E-state index contributed by atoms with van der Waals surface area (Å²) in [5.41, 5.74) is 0.496. The molecule has 0 unspecified atom stereocenters. The van der Waals surface area contributed by atoms with E-state index in [4.69, 9.17) is 5.11 Å². The predicted octanol–water partition coefficient (Wildman–Crippen LogP) is 0.422. The fraction of sp³-hybridized carbons (Fsp3) is 0.333. The van der Waals surface area contributed by atoms with Crippen LogP contribution >= 0.6 is 11.3 Å². The van der Waals surface area contributed by atoms with Crippen molar-refractivity contribution in [2.45, 2.75) is 6.61 Å². The monoisotopic (exact) mass is 173 g/mol. The predicted molar refractivity (Wildman–Crippen MR) is 39.4 cm³/mol. The summed E-state index contributed by atoms with van der Waals surface area (Å²) in [6.45, 7) is -0.145. The Balaban J connectivity index is 2.80. The molecule has 0 atom stereocenters. The maximum absolute atomic E-state index is 10.8. The number of nitrogens with zero attached hydrogens (tertiary/aromatic N) is 1. The Kier molecular flexibility index (Phi) is 2.56. The highest BCUT2D eigenvalue weighted by Crippen LogP contribution is 2.10. The summed E-state index contributed by atoms with van der Waals surface area (Å²) in [5.74, 6) is -0.463. The van der Waals surface area contributed by atoms with Crippen molar-refractivity contribution in [3.8, 4) is 0 Å². The summed E-state index contributed by atoms with van der Waals surface area (Å²) in [5, 5.41) is 10.5. The van der Waals surface area contributed by atoms with Crippen LogP contribution in [-0.2, 0) is 11.3 Å². The zero-order chi connectivity index (χ0) is 8.27. The smallest absolute Gasteiger partial charge is 0.367 e. The van der Waals surface area contributed by atoms with E-state index in [1.807, 2.05) is 0 Å². The van der Waals surface area contributed by atoms with Gasteiger partial charge in [-0.05, 0) is 0 Å². The lowest BCUT2D eigenvalue weighted by Gasteiger charge is -1.90. The average molecular weight is 173 g/mol. The number of esters is 1. The van der Waals surface area contributed by atoms with Crippen LogP contribution in [0.4, 0.5) is 0 Å². The van der Waals surface area contributed by atoms with Crippen molar-refractivity contribution in [2.24, 2.45) is 0 Å². The Hall–Kier alpha value is -0.940. The Bertz CT molecular complexity index is 258. The summed E-state index contributed by atoms with van der Waals surface area (Å²) in [7, 11) is 1.29. The number of aliphatic hydroxyl groups is 1. The van der Waals surface area contributed by atoms with Crippen molar-refractivity contribution >= 4 is 17.3 Å². The summed E-state index contributed by atoms with van der Waals surface area (Å²) in [6, 6.07) is 0. The molecule has 1 rings (SSSR count). The van der Waals surface area contributed by atoms with Gasteiger partial charge in [-0.1, -0.05) is 0 Å². The van der Waals surface area contributed by atoms with Crippen LogP contribution in [0.15, 0.2) is 5.38 Å². The normalized spacial score (nSPS) is 9.64. The molecule has 0 bridgehead atoms. The molecule has 1 aromatic rings. The maximum Gasteiger partial charge on any atom is 0.367 e. The number of aliphatic hydroxyl groups excluding tert-OH is 1. The molecule has 1 heterocycles. The highest BCUT2D eigenvalue weighted by molar-refractivity contribution is 7.11. The summed E-state index contributed by atoms with van der Waals surface area (Å²) in [4.78, 5) is 14.6. The average Bonchev–Trinajstić information content (AvgIpc) is 2.50. The van der Waals surface area contributed by atoms with Crippen LogP contribution in [0.2, 0.25) is 0 Å². The molecule has 0 aliphatic rings. The number of carbonyl (C=O) groups is 1. The van der Waals surface area contributed by atoms with Gasteiger partial charge in [-0.15, -0.1) is 11.3 Å². The first-order chi connectivity index (χ1) is 5.27. The number of carbonyl (C=O) groups excluding carboxylic acids is 1. The molecule has 11 heavy (non-hydrogen) atoms. The largest absolute Gasteiger partial charge is 0.464 e. The van der Waals surface area contributed by atoms with E-state index in [1.54, 1.807) is 5.38 Å². The minimum Gasteiger partial charge on any atom is -0.464 e.